The van der Waals surface area contributed by atoms with Crippen LogP contribution in [0.5, 0.6) is 5.75 Å². The van der Waals surface area contributed by atoms with Gasteiger partial charge in [0, 0.05) is 6.08 Å². The van der Waals surface area contributed by atoms with Crippen LogP contribution in [-0.2, 0) is 0 Å². The van der Waals surface area contributed by atoms with Crippen molar-refractivity contribution in [1.29, 1.82) is 0 Å². The first-order valence-electron chi connectivity index (χ1n) is 6.66. The van der Waals surface area contributed by atoms with Gasteiger partial charge in [-0.3, -0.25) is 0 Å². The molecule has 1 aliphatic heterocycles. The van der Waals surface area contributed by atoms with Crippen LogP contribution in [0.4, 0.5) is 5.69 Å². The number of hydrogen-bond acceptors (Lipinski definition) is 4. The summed E-state index contributed by atoms with van der Waals surface area (Å²) in [5.41, 5.74) is 2.61. The van der Waals surface area contributed by atoms with E-state index in [0.29, 0.717) is 11.8 Å². The van der Waals surface area contributed by atoms with Crippen LogP contribution in [0.2, 0.25) is 0 Å². The summed E-state index contributed by atoms with van der Waals surface area (Å²) in [5, 5.41) is 3.18. The Balaban J connectivity index is 0.000000960. The fourth-order valence-corrected chi connectivity index (χ4v) is 2.19. The Hall–Kier alpha value is -2.05. The van der Waals surface area contributed by atoms with Gasteiger partial charge in [-0.2, -0.15) is 0 Å². The molecule has 1 aromatic heterocycles. The van der Waals surface area contributed by atoms with E-state index in [0.717, 1.165) is 22.5 Å². The van der Waals surface area contributed by atoms with Crippen LogP contribution in [0.1, 0.15) is 5.89 Å². The molecular formula is C17H15N2NaO3. The third-order valence-electron chi connectivity index (χ3n) is 3.16. The molecule has 112 valence electrons. The molecule has 0 fully saturated rings. The van der Waals surface area contributed by atoms with Crippen LogP contribution < -0.4 is 10.1 Å². The van der Waals surface area contributed by atoms with Crippen LogP contribution in [0, 0.1) is 0 Å². The van der Waals surface area contributed by atoms with Gasteiger partial charge in [-0.1, -0.05) is 30.3 Å². The number of ether oxygens (including phenoxy) is 1. The number of nitrogens with zero attached hydrogens (tertiary/aromatic N) is 1. The number of oxazole rings is 1. The predicted molar refractivity (Wildman–Crippen MR) is 92.6 cm³/mol. The van der Waals surface area contributed by atoms with Gasteiger partial charge in [0.25, 0.3) is 0 Å². The van der Waals surface area contributed by atoms with Gasteiger partial charge in [-0.25, -0.2) is 4.98 Å². The summed E-state index contributed by atoms with van der Waals surface area (Å²) >= 11 is 0. The van der Waals surface area contributed by atoms with Gasteiger partial charge in [0.05, 0.1) is 5.69 Å². The first kappa shape index (κ1) is 17.3. The zero-order chi connectivity index (χ0) is 14.1. The summed E-state index contributed by atoms with van der Waals surface area (Å²) in [4.78, 5) is 4.37. The average molecular weight is 318 g/mol. The molecule has 3 aromatic rings. The summed E-state index contributed by atoms with van der Waals surface area (Å²) in [6, 6.07) is 15.5. The number of fused-ring (bicyclic) bond motifs is 2. The Morgan fingerprint density at radius 2 is 1.78 bits per heavy atom. The van der Waals surface area contributed by atoms with E-state index in [1.807, 2.05) is 60.7 Å². The van der Waals surface area contributed by atoms with E-state index in [2.05, 4.69) is 10.3 Å². The van der Waals surface area contributed by atoms with Gasteiger partial charge in [0.2, 0.25) is 5.89 Å². The number of nitrogens with one attached hydrogen (secondary N) is 1. The van der Waals surface area contributed by atoms with E-state index < -0.39 is 0 Å². The van der Waals surface area contributed by atoms with Crippen LogP contribution in [0.15, 0.2) is 71.0 Å². The second-order valence-electron chi connectivity index (χ2n) is 4.63. The zero-order valence-electron chi connectivity index (χ0n) is 11.6. The Morgan fingerprint density at radius 3 is 2.61 bits per heavy atom. The van der Waals surface area contributed by atoms with Gasteiger partial charge in [0.1, 0.15) is 5.52 Å². The average Bonchev–Trinajstić information content (AvgIpc) is 3.09. The number of para-hydroxylation sites is 4. The number of benzene rings is 2. The summed E-state index contributed by atoms with van der Waals surface area (Å²) in [6.07, 6.45) is 5.49. The zero-order valence-corrected chi connectivity index (χ0v) is 11.6. The Labute approximate surface area is 155 Å². The molecule has 0 aliphatic carbocycles. The maximum absolute atomic E-state index is 5.65. The quantitative estimate of drug-likeness (QED) is 0.737. The van der Waals surface area contributed by atoms with E-state index in [-0.39, 0.29) is 35.0 Å². The summed E-state index contributed by atoms with van der Waals surface area (Å²) in [7, 11) is 0. The number of allylic oxidation sites excluding steroid dienone is 2. The van der Waals surface area contributed by atoms with Gasteiger partial charge in [-0.15, -0.1) is 0 Å². The molecule has 0 saturated carbocycles. The van der Waals surface area contributed by atoms with Gasteiger partial charge >= 0.3 is 29.6 Å². The molecule has 3 N–H and O–H groups in total. The van der Waals surface area contributed by atoms with Crippen molar-refractivity contribution in [3.05, 3.63) is 72.5 Å². The topological polar surface area (TPSA) is 78.8 Å². The molecule has 4 rings (SSSR count). The van der Waals surface area contributed by atoms with Crippen molar-refractivity contribution < 1.29 is 14.6 Å². The second kappa shape index (κ2) is 7.48. The number of rotatable bonds is 2. The van der Waals surface area contributed by atoms with Gasteiger partial charge in [-0.05, 0) is 30.3 Å². The maximum atomic E-state index is 5.65. The van der Waals surface area contributed by atoms with Crippen molar-refractivity contribution in [1.82, 2.24) is 4.98 Å². The predicted octanol–water partition coefficient (Wildman–Crippen LogP) is 2.71. The molecule has 23 heavy (non-hydrogen) atoms. The van der Waals surface area contributed by atoms with E-state index in [4.69, 9.17) is 9.15 Å². The first-order valence-corrected chi connectivity index (χ1v) is 6.66. The first-order chi connectivity index (χ1) is 10.4. The molecule has 0 radical (unpaired) electrons. The van der Waals surface area contributed by atoms with Crippen LogP contribution in [0.25, 0.3) is 17.2 Å². The molecule has 0 unspecified atom stereocenters. The van der Waals surface area contributed by atoms with Crippen molar-refractivity contribution in [3.8, 4) is 5.75 Å². The van der Waals surface area contributed by atoms with Crippen molar-refractivity contribution in [2.24, 2.45) is 0 Å². The van der Waals surface area contributed by atoms with Crippen molar-refractivity contribution >= 4 is 52.4 Å². The van der Waals surface area contributed by atoms with E-state index in [1.165, 1.54) is 0 Å². The summed E-state index contributed by atoms with van der Waals surface area (Å²) in [6.45, 7) is 0. The fourth-order valence-electron chi connectivity index (χ4n) is 2.19. The SMILES string of the molecule is C(=Cc1nc2ccccc2o1)C=C1Nc2ccccc2O1.O.[NaH]. The minimum absolute atomic E-state index is 0. The molecule has 0 spiro atoms. The molecule has 6 heteroatoms. The standard InChI is InChI=1S/C17H12N2O2.Na.H2O.H/c1-3-8-14-12(6-1)18-16(20-14)10-5-11-17-19-13-7-2-4-9-15(13)21-17;;;/h1-11,18H;;1H2;. The molecule has 0 saturated heterocycles. The van der Waals surface area contributed by atoms with E-state index in [1.54, 1.807) is 6.08 Å². The molecule has 0 atom stereocenters. The molecule has 0 bridgehead atoms. The van der Waals surface area contributed by atoms with Crippen molar-refractivity contribution in [2.45, 2.75) is 0 Å². The number of hydrogen-bond donors (Lipinski definition) is 1. The Bertz CT molecular complexity index is 811. The Kier molecular flexibility index (Phi) is 5.63. The van der Waals surface area contributed by atoms with Crippen molar-refractivity contribution in [3.63, 3.8) is 0 Å². The number of aromatic nitrogens is 1. The normalized spacial score (nSPS) is 14.0. The monoisotopic (exact) mass is 318 g/mol. The third-order valence-corrected chi connectivity index (χ3v) is 3.16. The molecule has 2 aromatic carbocycles. The number of anilines is 1. The van der Waals surface area contributed by atoms with E-state index in [9.17, 15) is 0 Å². The summed E-state index contributed by atoms with van der Waals surface area (Å²) < 4.78 is 11.3. The summed E-state index contributed by atoms with van der Waals surface area (Å²) in [5.74, 6) is 2.09. The second-order valence-corrected chi connectivity index (χ2v) is 4.63. The molecule has 1 aliphatic rings. The molecule has 5 nitrogen and oxygen atoms in total. The van der Waals surface area contributed by atoms with Crippen LogP contribution in [-0.4, -0.2) is 40.0 Å². The fraction of sp³-hybridized carbons (Fsp3) is 0. The van der Waals surface area contributed by atoms with Crippen LogP contribution >= 0.6 is 0 Å². The van der Waals surface area contributed by atoms with Gasteiger partial charge < -0.3 is 19.9 Å². The van der Waals surface area contributed by atoms with Crippen LogP contribution in [0.3, 0.4) is 0 Å². The van der Waals surface area contributed by atoms with Crippen molar-refractivity contribution in [2.75, 3.05) is 5.32 Å². The van der Waals surface area contributed by atoms with Gasteiger partial charge in [0.15, 0.2) is 17.2 Å². The Morgan fingerprint density at radius 1 is 1.00 bits per heavy atom. The third kappa shape index (κ3) is 3.65. The molecular weight excluding hydrogens is 303 g/mol. The minimum atomic E-state index is 0. The molecule has 2 heterocycles. The van der Waals surface area contributed by atoms with E-state index >= 15 is 0 Å². The molecule has 0 amide bonds.